The third-order valence-electron chi connectivity index (χ3n) is 8.20. The number of fused-ring (bicyclic) bond motifs is 2. The molecule has 38 heavy (non-hydrogen) atoms. The number of carboxylic acids is 1. The quantitative estimate of drug-likeness (QED) is 0.440. The van der Waals surface area contributed by atoms with Gasteiger partial charge in [0.15, 0.2) is 0 Å². The number of aromatic nitrogens is 3. The minimum absolute atomic E-state index is 0.515. The van der Waals surface area contributed by atoms with Crippen LogP contribution in [0.5, 0.6) is 5.75 Å². The topological polar surface area (TPSA) is 100 Å². The van der Waals surface area contributed by atoms with Gasteiger partial charge in [-0.05, 0) is 93.7 Å². The Hall–Kier alpha value is -2.81. The first-order valence-corrected chi connectivity index (χ1v) is 13.9. The zero-order chi connectivity index (χ0) is 26.7. The molecule has 0 radical (unpaired) electrons. The molecule has 3 heterocycles. The highest BCUT2D eigenvalue weighted by molar-refractivity contribution is 6.32. The number of ether oxygens (including phenoxy) is 1. The van der Waals surface area contributed by atoms with Crippen LogP contribution in [0.2, 0.25) is 5.02 Å². The van der Waals surface area contributed by atoms with Crippen molar-refractivity contribution in [3.8, 4) is 5.75 Å². The molecule has 9 heteroatoms. The maximum absolute atomic E-state index is 12.5. The van der Waals surface area contributed by atoms with Gasteiger partial charge in [0.1, 0.15) is 17.1 Å². The largest absolute Gasteiger partial charge is 0.497 e. The molecule has 0 bridgehead atoms. The van der Waals surface area contributed by atoms with Crippen molar-refractivity contribution in [2.45, 2.75) is 57.4 Å². The number of nitrogens with zero attached hydrogens (tertiary/aromatic N) is 4. The summed E-state index contributed by atoms with van der Waals surface area (Å²) in [5, 5.41) is 15.2. The minimum Gasteiger partial charge on any atom is -0.497 e. The molecule has 2 aliphatic rings. The number of pyridine rings is 1. The Bertz CT molecular complexity index is 1320. The summed E-state index contributed by atoms with van der Waals surface area (Å²) in [4.78, 5) is 28.4. The Morgan fingerprint density at radius 1 is 1.26 bits per heavy atom. The molecule has 2 atom stereocenters. The van der Waals surface area contributed by atoms with Crippen LogP contribution in [0.25, 0.3) is 10.9 Å². The van der Waals surface area contributed by atoms with Crippen molar-refractivity contribution in [3.63, 3.8) is 0 Å². The van der Waals surface area contributed by atoms with Gasteiger partial charge in [-0.3, -0.25) is 9.78 Å². The van der Waals surface area contributed by atoms with Crippen LogP contribution in [0.3, 0.4) is 0 Å². The molecule has 202 valence electrons. The third-order valence-corrected chi connectivity index (χ3v) is 8.53. The summed E-state index contributed by atoms with van der Waals surface area (Å²) in [6.45, 7) is 5.14. The van der Waals surface area contributed by atoms with Crippen LogP contribution in [-0.2, 0) is 24.1 Å². The first-order valence-electron chi connectivity index (χ1n) is 13.5. The molecule has 1 fully saturated rings. The first kappa shape index (κ1) is 26.8. The second kappa shape index (κ2) is 11.5. The van der Waals surface area contributed by atoms with Gasteiger partial charge in [0, 0.05) is 43.1 Å². The SMILES string of the molecule is COc1ccc2ncc(Cl)c(CCNC3(C(=O)O)CCCN(CC4CCc5nc(C)ncc5C4)CC3)c2c1. The summed E-state index contributed by atoms with van der Waals surface area (Å²) < 4.78 is 5.39. The zero-order valence-corrected chi connectivity index (χ0v) is 22.9. The number of carbonyl (C=O) groups is 1. The predicted molar refractivity (Wildman–Crippen MR) is 148 cm³/mol. The molecule has 8 nitrogen and oxygen atoms in total. The summed E-state index contributed by atoms with van der Waals surface area (Å²) in [5.74, 6) is 1.36. The van der Waals surface area contributed by atoms with E-state index in [4.69, 9.17) is 16.3 Å². The van der Waals surface area contributed by atoms with Gasteiger partial charge < -0.3 is 20.1 Å². The fourth-order valence-corrected chi connectivity index (χ4v) is 6.30. The number of likely N-dealkylation sites (tertiary alicyclic amines) is 1. The fourth-order valence-electron chi connectivity index (χ4n) is 6.05. The fraction of sp³-hybridized carbons (Fsp3) is 0.517. The Labute approximate surface area is 228 Å². The molecule has 1 aliphatic carbocycles. The molecule has 1 aliphatic heterocycles. The van der Waals surface area contributed by atoms with Gasteiger partial charge in [-0.25, -0.2) is 9.97 Å². The molecule has 2 aromatic heterocycles. The molecule has 1 saturated heterocycles. The molecule has 2 unspecified atom stereocenters. The van der Waals surface area contributed by atoms with Crippen molar-refractivity contribution >= 4 is 28.5 Å². The van der Waals surface area contributed by atoms with Gasteiger partial charge in [-0.15, -0.1) is 0 Å². The van der Waals surface area contributed by atoms with Crippen LogP contribution in [0.4, 0.5) is 0 Å². The van der Waals surface area contributed by atoms with Crippen LogP contribution < -0.4 is 10.1 Å². The number of nitrogens with one attached hydrogen (secondary N) is 1. The number of hydrogen-bond donors (Lipinski definition) is 2. The first-order chi connectivity index (χ1) is 18.4. The Kier molecular flexibility index (Phi) is 8.12. The minimum atomic E-state index is -0.938. The average molecular weight is 538 g/mol. The Balaban J connectivity index is 1.22. The van der Waals surface area contributed by atoms with Crippen molar-refractivity contribution in [3.05, 3.63) is 58.3 Å². The van der Waals surface area contributed by atoms with Gasteiger partial charge in [0.2, 0.25) is 0 Å². The Morgan fingerprint density at radius 3 is 2.95 bits per heavy atom. The highest BCUT2D eigenvalue weighted by Gasteiger charge is 2.39. The van der Waals surface area contributed by atoms with Crippen molar-refractivity contribution in [1.29, 1.82) is 0 Å². The lowest BCUT2D eigenvalue weighted by Crippen LogP contribution is -2.53. The molecule has 2 N–H and O–H groups in total. The van der Waals surface area contributed by atoms with Crippen molar-refractivity contribution in [2.24, 2.45) is 5.92 Å². The number of rotatable bonds is 8. The number of methoxy groups -OCH3 is 1. The van der Waals surface area contributed by atoms with Crippen LogP contribution in [0.1, 0.15) is 48.3 Å². The molecule has 1 aromatic carbocycles. The lowest BCUT2D eigenvalue weighted by atomic mass is 9.87. The molecule has 0 saturated carbocycles. The lowest BCUT2D eigenvalue weighted by molar-refractivity contribution is -0.145. The second-order valence-electron chi connectivity index (χ2n) is 10.7. The van der Waals surface area contributed by atoms with Crippen molar-refractivity contribution < 1.29 is 14.6 Å². The second-order valence-corrected chi connectivity index (χ2v) is 11.1. The summed E-state index contributed by atoms with van der Waals surface area (Å²) in [6, 6.07) is 5.73. The lowest BCUT2D eigenvalue weighted by Gasteiger charge is -2.31. The van der Waals surface area contributed by atoms with E-state index < -0.39 is 11.5 Å². The van der Waals surface area contributed by atoms with Crippen molar-refractivity contribution in [2.75, 3.05) is 33.3 Å². The van der Waals surface area contributed by atoms with E-state index in [1.165, 1.54) is 11.3 Å². The maximum atomic E-state index is 12.5. The standard InChI is InChI=1S/C29H36ClN5O3/c1-19-31-16-21-14-20(4-6-26(21)34-19)18-35-12-3-9-29(10-13-35,28(36)37)33-11-8-23-24-15-22(38-2)5-7-27(24)32-17-25(23)30/h5,7,15-17,20,33H,3-4,6,8-14,18H2,1-2H3,(H,36,37). The molecule has 0 amide bonds. The number of aryl methyl sites for hydroxylation is 2. The third kappa shape index (κ3) is 5.77. The van der Waals surface area contributed by atoms with Gasteiger partial charge in [0.05, 0.1) is 17.6 Å². The van der Waals surface area contributed by atoms with E-state index in [2.05, 4.69) is 25.2 Å². The van der Waals surface area contributed by atoms with E-state index >= 15 is 0 Å². The van der Waals surface area contributed by atoms with E-state index in [9.17, 15) is 9.90 Å². The predicted octanol–water partition coefficient (Wildman–Crippen LogP) is 4.24. The van der Waals surface area contributed by atoms with E-state index in [-0.39, 0.29) is 0 Å². The van der Waals surface area contributed by atoms with Gasteiger partial charge in [-0.2, -0.15) is 0 Å². The number of benzene rings is 1. The molecular weight excluding hydrogens is 502 g/mol. The smallest absolute Gasteiger partial charge is 0.323 e. The monoisotopic (exact) mass is 537 g/mol. The molecular formula is C29H36ClN5O3. The number of carboxylic acid groups (broad SMARTS) is 1. The van der Waals surface area contributed by atoms with Gasteiger partial charge in [-0.1, -0.05) is 11.6 Å². The van der Waals surface area contributed by atoms with Crippen LogP contribution in [0, 0.1) is 12.8 Å². The number of hydrogen-bond acceptors (Lipinski definition) is 7. The average Bonchev–Trinajstić information content (AvgIpc) is 3.12. The number of halogens is 1. The summed E-state index contributed by atoms with van der Waals surface area (Å²) in [5.41, 5.74) is 3.32. The maximum Gasteiger partial charge on any atom is 0.323 e. The number of aliphatic carboxylic acids is 1. The van der Waals surface area contributed by atoms with Gasteiger partial charge >= 0.3 is 5.97 Å². The zero-order valence-electron chi connectivity index (χ0n) is 22.2. The van der Waals surface area contributed by atoms with Crippen molar-refractivity contribution in [1.82, 2.24) is 25.2 Å². The normalized spacial score (nSPS) is 22.1. The van der Waals surface area contributed by atoms with Crippen LogP contribution in [-0.4, -0.2) is 69.8 Å². The highest BCUT2D eigenvalue weighted by atomic mass is 35.5. The Morgan fingerprint density at radius 2 is 2.13 bits per heavy atom. The van der Waals surface area contributed by atoms with E-state index in [0.29, 0.717) is 36.7 Å². The highest BCUT2D eigenvalue weighted by Crippen LogP contribution is 2.30. The van der Waals surface area contributed by atoms with Gasteiger partial charge in [0.25, 0.3) is 0 Å². The van der Waals surface area contributed by atoms with Crippen LogP contribution >= 0.6 is 11.6 Å². The van der Waals surface area contributed by atoms with Crippen LogP contribution in [0.15, 0.2) is 30.6 Å². The van der Waals surface area contributed by atoms with E-state index in [0.717, 1.165) is 73.4 Å². The molecule has 0 spiro atoms. The van der Waals surface area contributed by atoms with E-state index in [1.807, 2.05) is 31.3 Å². The summed E-state index contributed by atoms with van der Waals surface area (Å²) in [6.07, 6.45) is 9.40. The van der Waals surface area contributed by atoms with E-state index in [1.54, 1.807) is 13.3 Å². The molecule has 5 rings (SSSR count). The molecule has 3 aromatic rings. The summed E-state index contributed by atoms with van der Waals surface area (Å²) >= 11 is 6.53. The summed E-state index contributed by atoms with van der Waals surface area (Å²) in [7, 11) is 1.63.